The van der Waals surface area contributed by atoms with Crippen LogP contribution in [0.25, 0.3) is 0 Å². The van der Waals surface area contributed by atoms with E-state index in [1.54, 1.807) is 0 Å². The fourth-order valence-electron chi connectivity index (χ4n) is 1.87. The van der Waals surface area contributed by atoms with Gasteiger partial charge in [-0.25, -0.2) is 4.79 Å². The van der Waals surface area contributed by atoms with E-state index >= 15 is 0 Å². The van der Waals surface area contributed by atoms with Crippen LogP contribution in [0.4, 0.5) is 0 Å². The van der Waals surface area contributed by atoms with Gasteiger partial charge in [0.25, 0.3) is 0 Å². The highest BCUT2D eigenvalue weighted by atomic mass is 16.5. The molecule has 0 aromatic carbocycles. The summed E-state index contributed by atoms with van der Waals surface area (Å²) in [5.41, 5.74) is 5.98. The predicted molar refractivity (Wildman–Crippen MR) is 62.1 cm³/mol. The zero-order valence-corrected chi connectivity index (χ0v) is 10.0. The summed E-state index contributed by atoms with van der Waals surface area (Å²) in [6.07, 6.45) is 5.20. The highest BCUT2D eigenvalue weighted by molar-refractivity contribution is 4.84. The van der Waals surface area contributed by atoms with Gasteiger partial charge in [-0.1, -0.05) is 38.3 Å². The van der Waals surface area contributed by atoms with E-state index < -0.39 is 5.76 Å². The van der Waals surface area contributed by atoms with Crippen molar-refractivity contribution in [2.75, 3.05) is 0 Å². The molecule has 1 aromatic heterocycles. The van der Waals surface area contributed by atoms with Crippen molar-refractivity contribution in [1.82, 2.24) is 10.1 Å². The average Bonchev–Trinajstić information content (AvgIpc) is 2.60. The van der Waals surface area contributed by atoms with Gasteiger partial charge < -0.3 is 5.73 Å². The lowest BCUT2D eigenvalue weighted by Crippen LogP contribution is -2.26. The molecule has 1 aromatic rings. The molecule has 0 bridgehead atoms. The maximum Gasteiger partial charge on any atom is 0.438 e. The number of aromatic nitrogens is 2. The van der Waals surface area contributed by atoms with Gasteiger partial charge in [0.2, 0.25) is 0 Å². The number of nitrogens with two attached hydrogens (primary N) is 1. The van der Waals surface area contributed by atoms with Crippen molar-refractivity contribution in [3.05, 3.63) is 16.4 Å². The monoisotopic (exact) mass is 227 g/mol. The Morgan fingerprint density at radius 3 is 2.88 bits per heavy atom. The van der Waals surface area contributed by atoms with Gasteiger partial charge in [-0.15, -0.1) is 0 Å². The summed E-state index contributed by atoms with van der Waals surface area (Å²) in [6.45, 7) is 4.40. The maximum atomic E-state index is 10.7. The SMILES string of the molecule is CCCCC(C)CC(N)Cc1noc(=O)[nH]1. The summed E-state index contributed by atoms with van der Waals surface area (Å²) >= 11 is 0. The van der Waals surface area contributed by atoms with Gasteiger partial charge in [0.05, 0.1) is 0 Å². The molecule has 0 spiro atoms. The van der Waals surface area contributed by atoms with E-state index in [1.807, 2.05) is 0 Å². The van der Waals surface area contributed by atoms with Gasteiger partial charge in [-0.2, -0.15) is 0 Å². The Hall–Kier alpha value is -1.10. The van der Waals surface area contributed by atoms with Gasteiger partial charge in [-0.3, -0.25) is 9.51 Å². The number of aromatic amines is 1. The molecule has 1 rings (SSSR count). The number of unbranched alkanes of at least 4 members (excludes halogenated alkanes) is 1. The lowest BCUT2D eigenvalue weighted by Gasteiger charge is -2.15. The highest BCUT2D eigenvalue weighted by Gasteiger charge is 2.12. The summed E-state index contributed by atoms with van der Waals surface area (Å²) in [6, 6.07) is 0.0348. The minimum Gasteiger partial charge on any atom is -0.327 e. The molecule has 0 saturated heterocycles. The lowest BCUT2D eigenvalue weighted by molar-refractivity contribution is 0.374. The molecule has 0 amide bonds. The largest absolute Gasteiger partial charge is 0.438 e. The molecule has 0 saturated carbocycles. The van der Waals surface area contributed by atoms with E-state index in [4.69, 9.17) is 5.73 Å². The number of rotatable bonds is 7. The predicted octanol–water partition coefficient (Wildman–Crippen LogP) is 1.45. The molecular formula is C11H21N3O2. The van der Waals surface area contributed by atoms with Crippen molar-refractivity contribution < 1.29 is 4.52 Å². The van der Waals surface area contributed by atoms with Crippen molar-refractivity contribution in [3.63, 3.8) is 0 Å². The molecule has 0 radical (unpaired) electrons. The fraction of sp³-hybridized carbons (Fsp3) is 0.818. The second kappa shape index (κ2) is 6.48. The Balaban J connectivity index is 2.29. The topological polar surface area (TPSA) is 84.9 Å². The van der Waals surface area contributed by atoms with Crippen molar-refractivity contribution >= 4 is 0 Å². The molecule has 5 heteroatoms. The van der Waals surface area contributed by atoms with Crippen LogP contribution in [0.15, 0.2) is 9.32 Å². The Morgan fingerprint density at radius 1 is 1.56 bits per heavy atom. The van der Waals surface area contributed by atoms with Crippen LogP contribution in [0.3, 0.4) is 0 Å². The van der Waals surface area contributed by atoms with Gasteiger partial charge in [0.15, 0.2) is 5.82 Å². The summed E-state index contributed by atoms with van der Waals surface area (Å²) in [5, 5.41) is 3.60. The molecular weight excluding hydrogens is 206 g/mol. The van der Waals surface area contributed by atoms with Crippen LogP contribution in [0.2, 0.25) is 0 Å². The smallest absolute Gasteiger partial charge is 0.327 e. The van der Waals surface area contributed by atoms with Gasteiger partial charge in [0, 0.05) is 12.5 Å². The average molecular weight is 227 g/mol. The summed E-state index contributed by atoms with van der Waals surface area (Å²) < 4.78 is 4.42. The Bertz CT molecular complexity index is 345. The number of hydrogen-bond acceptors (Lipinski definition) is 4. The molecule has 3 N–H and O–H groups in total. The third-order valence-corrected chi connectivity index (χ3v) is 2.70. The number of nitrogens with zero attached hydrogens (tertiary/aromatic N) is 1. The molecule has 0 fully saturated rings. The fourth-order valence-corrected chi connectivity index (χ4v) is 1.87. The van der Waals surface area contributed by atoms with Crippen LogP contribution in [-0.2, 0) is 6.42 Å². The van der Waals surface area contributed by atoms with Crippen molar-refractivity contribution in [1.29, 1.82) is 0 Å². The Morgan fingerprint density at radius 2 is 2.31 bits per heavy atom. The molecule has 0 aliphatic carbocycles. The van der Waals surface area contributed by atoms with E-state index in [-0.39, 0.29) is 6.04 Å². The molecule has 0 aliphatic heterocycles. The first-order chi connectivity index (χ1) is 7.61. The van der Waals surface area contributed by atoms with Crippen molar-refractivity contribution in [3.8, 4) is 0 Å². The van der Waals surface area contributed by atoms with E-state index in [9.17, 15) is 4.79 Å². The summed E-state index contributed by atoms with van der Waals surface area (Å²) in [7, 11) is 0. The van der Waals surface area contributed by atoms with Crippen molar-refractivity contribution in [2.24, 2.45) is 11.7 Å². The lowest BCUT2D eigenvalue weighted by atomic mass is 9.95. The molecule has 0 aliphatic rings. The van der Waals surface area contributed by atoms with E-state index in [2.05, 4.69) is 28.5 Å². The third kappa shape index (κ3) is 4.61. The first-order valence-electron chi connectivity index (χ1n) is 5.92. The minimum absolute atomic E-state index is 0.0348. The molecule has 5 nitrogen and oxygen atoms in total. The normalized spacial score (nSPS) is 14.9. The van der Waals surface area contributed by atoms with Crippen molar-refractivity contribution in [2.45, 2.75) is 52.0 Å². The Kier molecular flexibility index (Phi) is 5.25. The number of H-pyrrole nitrogens is 1. The standard InChI is InChI=1S/C11H21N3O2/c1-3-4-5-8(2)6-9(12)7-10-13-11(15)16-14-10/h8-9H,3-7,12H2,1-2H3,(H,13,14,15). The molecule has 2 atom stereocenters. The minimum atomic E-state index is -0.513. The first-order valence-corrected chi connectivity index (χ1v) is 5.92. The van der Waals surface area contributed by atoms with Crippen LogP contribution >= 0.6 is 0 Å². The number of hydrogen-bond donors (Lipinski definition) is 2. The van der Waals surface area contributed by atoms with Crippen LogP contribution in [0, 0.1) is 5.92 Å². The van der Waals surface area contributed by atoms with E-state index in [0.29, 0.717) is 18.2 Å². The van der Waals surface area contributed by atoms with Crippen LogP contribution in [0.1, 0.15) is 45.4 Å². The van der Waals surface area contributed by atoms with Gasteiger partial charge in [0.1, 0.15) is 0 Å². The van der Waals surface area contributed by atoms with Crippen LogP contribution < -0.4 is 11.5 Å². The quantitative estimate of drug-likeness (QED) is 0.738. The summed E-state index contributed by atoms with van der Waals surface area (Å²) in [5.74, 6) is 0.648. The zero-order valence-electron chi connectivity index (χ0n) is 10.0. The Labute approximate surface area is 95.4 Å². The van der Waals surface area contributed by atoms with Gasteiger partial charge in [-0.05, 0) is 12.3 Å². The van der Waals surface area contributed by atoms with Crippen LogP contribution in [0.5, 0.6) is 0 Å². The van der Waals surface area contributed by atoms with E-state index in [1.165, 1.54) is 19.3 Å². The number of nitrogens with one attached hydrogen (secondary N) is 1. The van der Waals surface area contributed by atoms with Gasteiger partial charge >= 0.3 is 5.76 Å². The zero-order chi connectivity index (χ0) is 12.0. The highest BCUT2D eigenvalue weighted by Crippen LogP contribution is 2.14. The first kappa shape index (κ1) is 13.0. The maximum absolute atomic E-state index is 10.7. The second-order valence-electron chi connectivity index (χ2n) is 4.49. The van der Waals surface area contributed by atoms with Crippen LogP contribution in [-0.4, -0.2) is 16.2 Å². The second-order valence-corrected chi connectivity index (χ2v) is 4.49. The molecule has 92 valence electrons. The third-order valence-electron chi connectivity index (χ3n) is 2.70. The molecule has 2 unspecified atom stereocenters. The molecule has 16 heavy (non-hydrogen) atoms. The summed E-state index contributed by atoms with van der Waals surface area (Å²) in [4.78, 5) is 13.2. The molecule has 1 heterocycles. The van der Waals surface area contributed by atoms with E-state index in [0.717, 1.165) is 6.42 Å².